The van der Waals surface area contributed by atoms with E-state index in [0.29, 0.717) is 23.5 Å². The van der Waals surface area contributed by atoms with Gasteiger partial charge in [-0.1, -0.05) is 37.6 Å². The van der Waals surface area contributed by atoms with E-state index in [9.17, 15) is 4.39 Å². The molecule has 1 aromatic heterocycles. The first-order chi connectivity index (χ1) is 12.3. The van der Waals surface area contributed by atoms with E-state index in [1.54, 1.807) is 13.2 Å². The van der Waals surface area contributed by atoms with Crippen molar-refractivity contribution in [3.63, 3.8) is 0 Å². The van der Waals surface area contributed by atoms with Crippen molar-refractivity contribution < 1.29 is 9.13 Å². The maximum absolute atomic E-state index is 14.4. The number of ether oxygens (including phenoxy) is 1. The summed E-state index contributed by atoms with van der Waals surface area (Å²) in [5.41, 5.74) is 3.71. The van der Waals surface area contributed by atoms with Gasteiger partial charge < -0.3 is 4.74 Å². The van der Waals surface area contributed by atoms with E-state index in [-0.39, 0.29) is 5.82 Å². The average molecular weight is 361 g/mol. The Kier molecular flexibility index (Phi) is 8.73. The van der Waals surface area contributed by atoms with Crippen LogP contribution in [0.4, 0.5) is 4.39 Å². The van der Waals surface area contributed by atoms with Gasteiger partial charge in [0.05, 0.1) is 13.3 Å². The molecule has 1 heterocycles. The SMILES string of the molecule is CC.COc1cc(-c2ccc(C)cc2CN(C(C)C)C(C)C)c(F)cn1. The molecule has 0 aliphatic heterocycles. The van der Waals surface area contributed by atoms with Crippen molar-refractivity contribution >= 4 is 0 Å². The van der Waals surface area contributed by atoms with Crippen LogP contribution in [0.15, 0.2) is 30.5 Å². The van der Waals surface area contributed by atoms with Crippen molar-refractivity contribution in [2.24, 2.45) is 0 Å². The van der Waals surface area contributed by atoms with Gasteiger partial charge in [-0.3, -0.25) is 4.90 Å². The van der Waals surface area contributed by atoms with Crippen LogP contribution in [-0.4, -0.2) is 29.1 Å². The molecule has 0 aliphatic rings. The zero-order valence-electron chi connectivity index (χ0n) is 17.4. The number of pyridine rings is 1. The Morgan fingerprint density at radius 1 is 1.04 bits per heavy atom. The number of hydrogen-bond acceptors (Lipinski definition) is 3. The fourth-order valence-corrected chi connectivity index (χ4v) is 3.01. The highest BCUT2D eigenvalue weighted by Gasteiger charge is 2.18. The highest BCUT2D eigenvalue weighted by Crippen LogP contribution is 2.30. The molecule has 4 heteroatoms. The zero-order chi connectivity index (χ0) is 19.9. The minimum Gasteiger partial charge on any atom is -0.481 e. The van der Waals surface area contributed by atoms with Crippen LogP contribution >= 0.6 is 0 Å². The molecule has 0 aliphatic carbocycles. The minimum absolute atomic E-state index is 0.332. The number of methoxy groups -OCH3 is 1. The number of rotatable bonds is 6. The Morgan fingerprint density at radius 2 is 1.65 bits per heavy atom. The van der Waals surface area contributed by atoms with E-state index >= 15 is 0 Å². The summed E-state index contributed by atoms with van der Waals surface area (Å²) < 4.78 is 19.6. The summed E-state index contributed by atoms with van der Waals surface area (Å²) in [7, 11) is 1.54. The van der Waals surface area contributed by atoms with Crippen molar-refractivity contribution in [3.05, 3.63) is 47.4 Å². The Balaban J connectivity index is 0.00000163. The molecule has 0 saturated carbocycles. The van der Waals surface area contributed by atoms with E-state index in [1.807, 2.05) is 26.0 Å². The summed E-state index contributed by atoms with van der Waals surface area (Å²) in [6.07, 6.45) is 1.22. The predicted molar refractivity (Wildman–Crippen MR) is 108 cm³/mol. The second-order valence-electron chi connectivity index (χ2n) is 6.73. The van der Waals surface area contributed by atoms with Gasteiger partial charge >= 0.3 is 0 Å². The third-order valence-corrected chi connectivity index (χ3v) is 4.27. The second-order valence-corrected chi connectivity index (χ2v) is 6.73. The van der Waals surface area contributed by atoms with Gasteiger partial charge in [0.1, 0.15) is 5.82 Å². The lowest BCUT2D eigenvalue weighted by atomic mass is 9.97. The van der Waals surface area contributed by atoms with Gasteiger partial charge in [0.2, 0.25) is 5.88 Å². The highest BCUT2D eigenvalue weighted by atomic mass is 19.1. The highest BCUT2D eigenvalue weighted by molar-refractivity contribution is 5.69. The van der Waals surface area contributed by atoms with Gasteiger partial charge in [-0.15, -0.1) is 0 Å². The number of benzene rings is 1. The molecule has 3 nitrogen and oxygen atoms in total. The van der Waals surface area contributed by atoms with Gasteiger partial charge in [-0.25, -0.2) is 9.37 Å². The van der Waals surface area contributed by atoms with Crippen LogP contribution in [0.3, 0.4) is 0 Å². The van der Waals surface area contributed by atoms with E-state index in [4.69, 9.17) is 4.74 Å². The van der Waals surface area contributed by atoms with Gasteiger partial charge in [-0.05, 0) is 45.7 Å². The Bertz CT molecular complexity index is 691. The maximum Gasteiger partial charge on any atom is 0.213 e. The molecule has 0 amide bonds. The molecule has 0 bridgehead atoms. The Labute approximate surface area is 158 Å². The summed E-state index contributed by atoms with van der Waals surface area (Å²) >= 11 is 0. The van der Waals surface area contributed by atoms with Crippen molar-refractivity contribution in [2.45, 2.75) is 67.1 Å². The van der Waals surface area contributed by atoms with Crippen molar-refractivity contribution in [3.8, 4) is 17.0 Å². The lowest BCUT2D eigenvalue weighted by Gasteiger charge is -2.31. The van der Waals surface area contributed by atoms with Crippen LogP contribution in [0.5, 0.6) is 5.88 Å². The molecule has 0 N–H and O–H groups in total. The molecule has 0 atom stereocenters. The normalized spacial score (nSPS) is 10.9. The standard InChI is InChI=1S/C20H27FN2O.C2H6/c1-13(2)23(14(3)4)12-16-9-15(5)7-8-17(16)18-10-20(24-6)22-11-19(18)21;1-2/h7-11,13-14H,12H2,1-6H3;1-2H3. The van der Waals surface area contributed by atoms with Crippen molar-refractivity contribution in [1.29, 1.82) is 0 Å². The molecule has 2 aromatic rings. The lowest BCUT2D eigenvalue weighted by molar-refractivity contribution is 0.166. The molecular formula is C22H33FN2O. The molecule has 0 fully saturated rings. The predicted octanol–water partition coefficient (Wildman–Crippen LogP) is 5.85. The maximum atomic E-state index is 14.4. The molecule has 2 rings (SSSR count). The third kappa shape index (κ3) is 5.53. The number of aryl methyl sites for hydroxylation is 1. The molecule has 26 heavy (non-hydrogen) atoms. The molecule has 144 valence electrons. The van der Waals surface area contributed by atoms with Crippen LogP contribution < -0.4 is 4.74 Å². The Hall–Kier alpha value is -1.94. The van der Waals surface area contributed by atoms with Crippen LogP contribution in [0.2, 0.25) is 0 Å². The van der Waals surface area contributed by atoms with Gasteiger partial charge in [0.25, 0.3) is 0 Å². The van der Waals surface area contributed by atoms with E-state index in [1.165, 1.54) is 11.8 Å². The third-order valence-electron chi connectivity index (χ3n) is 4.27. The summed E-state index contributed by atoms with van der Waals surface area (Å²) in [4.78, 5) is 6.34. The first kappa shape index (κ1) is 22.1. The fourth-order valence-electron chi connectivity index (χ4n) is 3.01. The van der Waals surface area contributed by atoms with Gasteiger partial charge in [0, 0.05) is 30.3 Å². The van der Waals surface area contributed by atoms with Crippen molar-refractivity contribution in [2.75, 3.05) is 7.11 Å². The van der Waals surface area contributed by atoms with Crippen LogP contribution in [-0.2, 0) is 6.54 Å². The van der Waals surface area contributed by atoms with E-state index in [0.717, 1.165) is 17.7 Å². The molecular weight excluding hydrogens is 327 g/mol. The number of halogens is 1. The quantitative estimate of drug-likeness (QED) is 0.646. The number of hydrogen-bond donors (Lipinski definition) is 0. The van der Waals surface area contributed by atoms with Crippen LogP contribution in [0.25, 0.3) is 11.1 Å². The topological polar surface area (TPSA) is 25.4 Å². The number of nitrogens with zero attached hydrogens (tertiary/aromatic N) is 2. The molecule has 0 spiro atoms. The Morgan fingerprint density at radius 3 is 2.19 bits per heavy atom. The van der Waals surface area contributed by atoms with Crippen LogP contribution in [0.1, 0.15) is 52.7 Å². The summed E-state index contributed by atoms with van der Waals surface area (Å²) in [5.74, 6) is 0.0871. The van der Waals surface area contributed by atoms with Gasteiger partial charge in [-0.2, -0.15) is 0 Å². The molecule has 0 radical (unpaired) electrons. The lowest BCUT2D eigenvalue weighted by Crippen LogP contribution is -2.36. The second kappa shape index (κ2) is 10.3. The molecule has 0 saturated heterocycles. The number of aromatic nitrogens is 1. The smallest absolute Gasteiger partial charge is 0.213 e. The van der Waals surface area contributed by atoms with E-state index in [2.05, 4.69) is 50.6 Å². The summed E-state index contributed by atoms with van der Waals surface area (Å²) in [5, 5.41) is 0. The monoisotopic (exact) mass is 360 g/mol. The fraction of sp³-hybridized carbons (Fsp3) is 0.500. The summed E-state index contributed by atoms with van der Waals surface area (Å²) in [6.45, 7) is 15.6. The largest absolute Gasteiger partial charge is 0.481 e. The zero-order valence-corrected chi connectivity index (χ0v) is 17.4. The molecule has 1 aromatic carbocycles. The first-order valence-corrected chi connectivity index (χ1v) is 9.38. The average Bonchev–Trinajstić information content (AvgIpc) is 2.61. The van der Waals surface area contributed by atoms with Gasteiger partial charge in [0.15, 0.2) is 0 Å². The minimum atomic E-state index is -0.332. The molecule has 0 unspecified atom stereocenters. The van der Waals surface area contributed by atoms with Crippen molar-refractivity contribution in [1.82, 2.24) is 9.88 Å². The summed E-state index contributed by atoms with van der Waals surface area (Å²) in [6, 6.07) is 8.63. The first-order valence-electron chi connectivity index (χ1n) is 9.38. The van der Waals surface area contributed by atoms with Crippen LogP contribution in [0, 0.1) is 12.7 Å². The van der Waals surface area contributed by atoms with E-state index < -0.39 is 0 Å².